The fraction of sp³-hybridized carbons (Fsp3) is 0.111. The largest absolute Gasteiger partial charge is 0.465 e. The Balaban J connectivity index is 2.41. The molecule has 2 heterocycles. The Morgan fingerprint density at radius 1 is 1.04 bits per heavy atom. The summed E-state index contributed by atoms with van der Waals surface area (Å²) in [4.78, 5) is 25.2. The SMILES string of the molecule is COC(=O)c1c(C)n2c(=O)c3ccccc3n2c2ccc(Cl)cc12. The summed E-state index contributed by atoms with van der Waals surface area (Å²) in [5.74, 6) is -0.501. The molecular weight excluding hydrogens is 328 g/mol. The molecule has 0 N–H and O–H groups in total. The quantitative estimate of drug-likeness (QED) is 0.499. The monoisotopic (exact) mass is 340 g/mol. The lowest BCUT2D eigenvalue weighted by atomic mass is 10.1. The van der Waals surface area contributed by atoms with Crippen molar-refractivity contribution in [2.45, 2.75) is 6.92 Å². The fourth-order valence-electron chi connectivity index (χ4n) is 3.25. The lowest BCUT2D eigenvalue weighted by molar-refractivity contribution is 0.0601. The Bertz CT molecular complexity index is 1200. The number of benzene rings is 2. The van der Waals surface area contributed by atoms with Gasteiger partial charge >= 0.3 is 5.97 Å². The van der Waals surface area contributed by atoms with Gasteiger partial charge in [-0.25, -0.2) is 13.8 Å². The molecule has 0 radical (unpaired) electrons. The molecule has 4 rings (SSSR count). The van der Waals surface area contributed by atoms with Crippen LogP contribution >= 0.6 is 11.6 Å². The first-order valence-corrected chi connectivity index (χ1v) is 7.75. The molecule has 0 aliphatic carbocycles. The number of carbonyl (C=O) groups excluding carboxylic acids is 1. The molecule has 2 aromatic heterocycles. The number of methoxy groups -OCH3 is 1. The molecule has 2 aromatic carbocycles. The molecule has 0 unspecified atom stereocenters. The zero-order chi connectivity index (χ0) is 17.0. The van der Waals surface area contributed by atoms with Crippen LogP contribution in [0.15, 0.2) is 47.3 Å². The Kier molecular flexibility index (Phi) is 3.15. The van der Waals surface area contributed by atoms with E-state index >= 15 is 0 Å². The average Bonchev–Trinajstić information content (AvgIpc) is 2.88. The molecule has 6 heteroatoms. The molecule has 5 nitrogen and oxygen atoms in total. The second kappa shape index (κ2) is 5.11. The minimum absolute atomic E-state index is 0.176. The van der Waals surface area contributed by atoms with Crippen LogP contribution in [0, 0.1) is 6.92 Å². The summed E-state index contributed by atoms with van der Waals surface area (Å²) in [6.07, 6.45) is 0. The van der Waals surface area contributed by atoms with Crippen molar-refractivity contribution < 1.29 is 9.53 Å². The summed E-state index contributed by atoms with van der Waals surface area (Å²) in [6.45, 7) is 1.73. The molecule has 4 aromatic rings. The van der Waals surface area contributed by atoms with Crippen molar-refractivity contribution in [3.05, 3.63) is 69.1 Å². The maximum Gasteiger partial charge on any atom is 0.340 e. The third kappa shape index (κ3) is 1.82. The van der Waals surface area contributed by atoms with Crippen molar-refractivity contribution in [3.8, 4) is 0 Å². The maximum atomic E-state index is 12.8. The Labute approximate surface area is 141 Å². The van der Waals surface area contributed by atoms with E-state index in [2.05, 4.69) is 0 Å². The summed E-state index contributed by atoms with van der Waals surface area (Å²) in [7, 11) is 1.32. The van der Waals surface area contributed by atoms with Crippen molar-refractivity contribution in [2.24, 2.45) is 0 Å². The highest BCUT2D eigenvalue weighted by Crippen LogP contribution is 2.27. The summed E-state index contributed by atoms with van der Waals surface area (Å²) in [5, 5.41) is 1.74. The van der Waals surface area contributed by atoms with Gasteiger partial charge in [-0.2, -0.15) is 0 Å². The van der Waals surface area contributed by atoms with Crippen molar-refractivity contribution in [1.29, 1.82) is 0 Å². The van der Waals surface area contributed by atoms with Gasteiger partial charge in [0.15, 0.2) is 0 Å². The number of aryl methyl sites for hydroxylation is 1. The number of aromatic nitrogens is 2. The van der Waals surface area contributed by atoms with Gasteiger partial charge in [-0.1, -0.05) is 23.7 Å². The molecule has 0 saturated carbocycles. The van der Waals surface area contributed by atoms with Gasteiger partial charge in [0.05, 0.1) is 34.8 Å². The van der Waals surface area contributed by atoms with Crippen LogP contribution in [0.2, 0.25) is 5.02 Å². The highest BCUT2D eigenvalue weighted by molar-refractivity contribution is 6.31. The Morgan fingerprint density at radius 2 is 1.75 bits per heavy atom. The van der Waals surface area contributed by atoms with E-state index in [-0.39, 0.29) is 5.56 Å². The van der Waals surface area contributed by atoms with E-state index in [1.807, 2.05) is 22.7 Å². The van der Waals surface area contributed by atoms with Gasteiger partial charge < -0.3 is 4.74 Å². The fourth-order valence-corrected chi connectivity index (χ4v) is 3.42. The van der Waals surface area contributed by atoms with Gasteiger partial charge in [-0.15, -0.1) is 0 Å². The molecule has 0 fully saturated rings. The van der Waals surface area contributed by atoms with Crippen molar-refractivity contribution in [1.82, 2.24) is 9.03 Å². The van der Waals surface area contributed by atoms with E-state index in [1.54, 1.807) is 31.2 Å². The van der Waals surface area contributed by atoms with Gasteiger partial charge in [-0.3, -0.25) is 4.79 Å². The normalized spacial score (nSPS) is 11.5. The lowest BCUT2D eigenvalue weighted by Gasteiger charge is -2.14. The minimum atomic E-state index is -0.501. The summed E-state index contributed by atoms with van der Waals surface area (Å²) in [5.41, 5.74) is 2.16. The highest BCUT2D eigenvalue weighted by Gasteiger charge is 2.21. The first kappa shape index (κ1) is 14.8. The zero-order valence-corrected chi connectivity index (χ0v) is 13.8. The Hall–Kier alpha value is -2.79. The van der Waals surface area contributed by atoms with E-state index in [0.717, 1.165) is 5.52 Å². The number of nitrogens with zero attached hydrogens (tertiary/aromatic N) is 2. The molecule has 0 aliphatic rings. The third-order valence-corrected chi connectivity index (χ3v) is 4.52. The smallest absolute Gasteiger partial charge is 0.340 e. The second-order valence-corrected chi connectivity index (χ2v) is 6.00. The lowest BCUT2D eigenvalue weighted by Crippen LogP contribution is -2.19. The van der Waals surface area contributed by atoms with Crippen LogP contribution in [-0.4, -0.2) is 22.1 Å². The van der Waals surface area contributed by atoms with Crippen LogP contribution in [0.25, 0.3) is 21.8 Å². The van der Waals surface area contributed by atoms with Gasteiger partial charge in [0, 0.05) is 10.4 Å². The van der Waals surface area contributed by atoms with Crippen molar-refractivity contribution in [2.75, 3.05) is 7.11 Å². The van der Waals surface area contributed by atoms with E-state index in [1.165, 1.54) is 11.6 Å². The molecule has 0 amide bonds. The third-order valence-electron chi connectivity index (χ3n) is 4.28. The number of hydrogen-bond acceptors (Lipinski definition) is 3. The number of rotatable bonds is 1. The van der Waals surface area contributed by atoms with E-state index in [0.29, 0.717) is 32.6 Å². The van der Waals surface area contributed by atoms with Crippen LogP contribution < -0.4 is 5.56 Å². The van der Waals surface area contributed by atoms with E-state index < -0.39 is 5.97 Å². The highest BCUT2D eigenvalue weighted by atomic mass is 35.5. The first-order chi connectivity index (χ1) is 11.5. The second-order valence-electron chi connectivity index (χ2n) is 5.56. The molecule has 24 heavy (non-hydrogen) atoms. The van der Waals surface area contributed by atoms with Crippen LogP contribution in [0.3, 0.4) is 0 Å². The van der Waals surface area contributed by atoms with Gasteiger partial charge in [0.2, 0.25) is 0 Å². The average molecular weight is 341 g/mol. The standard InChI is InChI=1S/C18H13ClN2O3/c1-10-16(18(23)24-2)13-9-11(19)7-8-15(13)21-14-6-4-3-5-12(14)17(22)20(10)21/h3-9H,1-2H3. The first-order valence-electron chi connectivity index (χ1n) is 7.37. The maximum absolute atomic E-state index is 12.8. The minimum Gasteiger partial charge on any atom is -0.465 e. The van der Waals surface area contributed by atoms with Crippen molar-refractivity contribution in [3.63, 3.8) is 0 Å². The number of ether oxygens (including phenoxy) is 1. The van der Waals surface area contributed by atoms with Crippen LogP contribution in [0.1, 0.15) is 16.1 Å². The van der Waals surface area contributed by atoms with Crippen LogP contribution in [0.5, 0.6) is 0 Å². The summed E-state index contributed by atoms with van der Waals surface area (Å²) in [6, 6.07) is 12.6. The molecule has 0 atom stereocenters. The van der Waals surface area contributed by atoms with Crippen molar-refractivity contribution >= 4 is 39.4 Å². The van der Waals surface area contributed by atoms with Crippen LogP contribution in [0.4, 0.5) is 0 Å². The molecular formula is C18H13ClN2O3. The number of fused-ring (bicyclic) bond motifs is 5. The molecule has 0 bridgehead atoms. The summed E-state index contributed by atoms with van der Waals surface area (Å²) >= 11 is 6.14. The predicted octanol–water partition coefficient (Wildman–Crippen LogP) is 3.45. The molecule has 0 spiro atoms. The van der Waals surface area contributed by atoms with E-state index in [9.17, 15) is 9.59 Å². The van der Waals surface area contributed by atoms with Crippen LogP contribution in [-0.2, 0) is 4.74 Å². The number of halogens is 1. The number of carbonyl (C=O) groups is 1. The summed E-state index contributed by atoms with van der Waals surface area (Å²) < 4.78 is 8.24. The number of esters is 1. The zero-order valence-electron chi connectivity index (χ0n) is 13.0. The predicted molar refractivity (Wildman–Crippen MR) is 93.2 cm³/mol. The molecule has 120 valence electrons. The van der Waals surface area contributed by atoms with Gasteiger partial charge in [0.25, 0.3) is 5.56 Å². The topological polar surface area (TPSA) is 52.2 Å². The number of hydrogen-bond donors (Lipinski definition) is 0. The van der Waals surface area contributed by atoms with E-state index in [4.69, 9.17) is 16.3 Å². The molecule has 0 aliphatic heterocycles. The molecule has 0 saturated heterocycles. The number of para-hydroxylation sites is 1. The van der Waals surface area contributed by atoms with Gasteiger partial charge in [0.1, 0.15) is 0 Å². The Morgan fingerprint density at radius 3 is 2.50 bits per heavy atom. The van der Waals surface area contributed by atoms with Gasteiger partial charge in [-0.05, 0) is 37.3 Å².